The summed E-state index contributed by atoms with van der Waals surface area (Å²) in [7, 11) is 0. The van der Waals surface area contributed by atoms with Gasteiger partial charge in [0.15, 0.2) is 0 Å². The fourth-order valence-corrected chi connectivity index (χ4v) is 2.77. The Labute approximate surface area is 95.2 Å². The highest BCUT2D eigenvalue weighted by molar-refractivity contribution is 6.02. The van der Waals surface area contributed by atoms with Crippen molar-refractivity contribution >= 4 is 11.6 Å². The first kappa shape index (κ1) is 9.70. The normalized spacial score (nSPS) is 22.1. The average molecular weight is 216 g/mol. The monoisotopic (exact) mass is 216 g/mol. The molecule has 3 nitrogen and oxygen atoms in total. The van der Waals surface area contributed by atoms with E-state index in [0.717, 1.165) is 24.1 Å². The zero-order chi connectivity index (χ0) is 11.0. The van der Waals surface area contributed by atoms with Gasteiger partial charge >= 0.3 is 0 Å². The topological polar surface area (TPSA) is 41.1 Å². The molecule has 1 amide bonds. The maximum atomic E-state index is 12.0. The van der Waals surface area contributed by atoms with Gasteiger partial charge in [-0.3, -0.25) is 4.79 Å². The van der Waals surface area contributed by atoms with Gasteiger partial charge in [-0.15, -0.1) is 0 Å². The van der Waals surface area contributed by atoms with Crippen LogP contribution in [0.1, 0.15) is 42.5 Å². The zero-order valence-electron chi connectivity index (χ0n) is 9.25. The third-order valence-electron chi connectivity index (χ3n) is 3.61. The van der Waals surface area contributed by atoms with Crippen LogP contribution in [0.25, 0.3) is 0 Å². The fourth-order valence-electron chi connectivity index (χ4n) is 2.77. The van der Waals surface area contributed by atoms with Crippen molar-refractivity contribution < 1.29 is 4.79 Å². The van der Waals surface area contributed by atoms with E-state index in [9.17, 15) is 4.79 Å². The number of nitrogens with one attached hydrogen (secondary N) is 2. The number of anilines is 1. The van der Waals surface area contributed by atoms with Crippen LogP contribution >= 0.6 is 0 Å². The molecule has 0 aromatic heterocycles. The predicted octanol–water partition coefficient (Wildman–Crippen LogP) is 2.50. The van der Waals surface area contributed by atoms with E-state index in [-0.39, 0.29) is 11.6 Å². The molecule has 1 aromatic carbocycles. The number of carbonyl (C=O) groups is 1. The number of amides is 1. The standard InChI is InChI=1S/C13H16N2O/c16-12-10-6-2-3-7-11(10)14-13(15-12)8-4-1-5-9-13/h2-3,6-7,14H,1,4-5,8-9H2,(H,15,16). The highest BCUT2D eigenvalue weighted by atomic mass is 16.2. The van der Waals surface area contributed by atoms with Crippen molar-refractivity contribution in [3.63, 3.8) is 0 Å². The lowest BCUT2D eigenvalue weighted by molar-refractivity contribution is 0.0876. The van der Waals surface area contributed by atoms with E-state index in [0.29, 0.717) is 0 Å². The molecule has 1 heterocycles. The van der Waals surface area contributed by atoms with E-state index >= 15 is 0 Å². The molecule has 0 unspecified atom stereocenters. The quantitative estimate of drug-likeness (QED) is 0.699. The summed E-state index contributed by atoms with van der Waals surface area (Å²) < 4.78 is 0. The van der Waals surface area contributed by atoms with Gasteiger partial charge in [0.2, 0.25) is 0 Å². The summed E-state index contributed by atoms with van der Waals surface area (Å²) in [5, 5.41) is 6.65. The van der Waals surface area contributed by atoms with Crippen LogP contribution in [0.5, 0.6) is 0 Å². The molecule has 3 rings (SSSR count). The maximum absolute atomic E-state index is 12.0. The first-order valence-corrected chi connectivity index (χ1v) is 5.99. The molecular weight excluding hydrogens is 200 g/mol. The summed E-state index contributed by atoms with van der Waals surface area (Å²) >= 11 is 0. The molecule has 2 aliphatic rings. The van der Waals surface area contributed by atoms with Gasteiger partial charge in [0.1, 0.15) is 5.66 Å². The SMILES string of the molecule is O=C1NC2(CCCCC2)Nc2ccccc21. The Bertz CT molecular complexity index is 422. The molecule has 1 aliphatic carbocycles. The van der Waals surface area contributed by atoms with Gasteiger partial charge in [0, 0.05) is 5.69 Å². The number of para-hydroxylation sites is 1. The molecule has 1 spiro atoms. The van der Waals surface area contributed by atoms with Crippen LogP contribution in [0.4, 0.5) is 5.69 Å². The lowest BCUT2D eigenvalue weighted by atomic mass is 9.86. The molecule has 84 valence electrons. The third-order valence-corrected chi connectivity index (χ3v) is 3.61. The second-order valence-electron chi connectivity index (χ2n) is 4.77. The highest BCUT2D eigenvalue weighted by Crippen LogP contribution is 2.34. The largest absolute Gasteiger partial charge is 0.362 e. The van der Waals surface area contributed by atoms with Gasteiger partial charge in [0.05, 0.1) is 5.56 Å². The summed E-state index contributed by atoms with van der Waals surface area (Å²) in [5.74, 6) is 0.0660. The molecular formula is C13H16N2O. The fraction of sp³-hybridized carbons (Fsp3) is 0.462. The zero-order valence-corrected chi connectivity index (χ0v) is 9.25. The summed E-state index contributed by atoms with van der Waals surface area (Å²) in [6, 6.07) is 7.73. The van der Waals surface area contributed by atoms with Crippen molar-refractivity contribution in [1.29, 1.82) is 0 Å². The van der Waals surface area contributed by atoms with Gasteiger partial charge in [-0.1, -0.05) is 18.6 Å². The second-order valence-corrected chi connectivity index (χ2v) is 4.77. The van der Waals surface area contributed by atoms with Crippen LogP contribution in [0, 0.1) is 0 Å². The van der Waals surface area contributed by atoms with Gasteiger partial charge in [-0.2, -0.15) is 0 Å². The van der Waals surface area contributed by atoms with E-state index in [2.05, 4.69) is 10.6 Å². The van der Waals surface area contributed by atoms with Gasteiger partial charge in [0.25, 0.3) is 5.91 Å². The number of hydrogen-bond donors (Lipinski definition) is 2. The molecule has 1 aromatic rings. The number of fused-ring (bicyclic) bond motifs is 1. The average Bonchev–Trinajstić information content (AvgIpc) is 2.30. The number of benzene rings is 1. The van der Waals surface area contributed by atoms with Crippen molar-refractivity contribution in [3.05, 3.63) is 29.8 Å². The van der Waals surface area contributed by atoms with Crippen molar-refractivity contribution in [2.75, 3.05) is 5.32 Å². The van der Waals surface area contributed by atoms with Crippen LogP contribution in [-0.2, 0) is 0 Å². The lowest BCUT2D eigenvalue weighted by Crippen LogP contribution is -2.58. The summed E-state index contributed by atoms with van der Waals surface area (Å²) in [6.07, 6.45) is 5.73. The molecule has 1 fully saturated rings. The minimum Gasteiger partial charge on any atom is -0.362 e. The summed E-state index contributed by atoms with van der Waals surface area (Å²) in [5.41, 5.74) is 1.57. The molecule has 0 bridgehead atoms. The predicted molar refractivity (Wildman–Crippen MR) is 63.3 cm³/mol. The van der Waals surface area contributed by atoms with E-state index in [4.69, 9.17) is 0 Å². The first-order valence-electron chi connectivity index (χ1n) is 5.99. The second kappa shape index (κ2) is 3.51. The van der Waals surface area contributed by atoms with Crippen LogP contribution in [0.15, 0.2) is 24.3 Å². The minimum atomic E-state index is -0.177. The first-order chi connectivity index (χ1) is 7.79. The summed E-state index contributed by atoms with van der Waals surface area (Å²) in [6.45, 7) is 0. The molecule has 0 atom stereocenters. The Morgan fingerprint density at radius 2 is 1.75 bits per heavy atom. The Morgan fingerprint density at radius 3 is 2.56 bits per heavy atom. The van der Waals surface area contributed by atoms with E-state index in [1.165, 1.54) is 19.3 Å². The number of rotatable bonds is 0. The van der Waals surface area contributed by atoms with Gasteiger partial charge < -0.3 is 10.6 Å². The summed E-state index contributed by atoms with van der Waals surface area (Å²) in [4.78, 5) is 12.0. The van der Waals surface area contributed by atoms with Crippen molar-refractivity contribution in [3.8, 4) is 0 Å². The van der Waals surface area contributed by atoms with Crippen LogP contribution in [0.2, 0.25) is 0 Å². The number of carbonyl (C=O) groups excluding carboxylic acids is 1. The highest BCUT2D eigenvalue weighted by Gasteiger charge is 2.37. The van der Waals surface area contributed by atoms with Gasteiger partial charge in [-0.25, -0.2) is 0 Å². The molecule has 0 saturated heterocycles. The van der Waals surface area contributed by atoms with Crippen LogP contribution in [0.3, 0.4) is 0 Å². The van der Waals surface area contributed by atoms with Gasteiger partial charge in [-0.05, 0) is 37.8 Å². The maximum Gasteiger partial charge on any atom is 0.255 e. The van der Waals surface area contributed by atoms with Crippen molar-refractivity contribution in [1.82, 2.24) is 5.32 Å². The Kier molecular flexibility index (Phi) is 2.13. The van der Waals surface area contributed by atoms with E-state index < -0.39 is 0 Å². The molecule has 2 N–H and O–H groups in total. The van der Waals surface area contributed by atoms with Crippen LogP contribution < -0.4 is 10.6 Å². The van der Waals surface area contributed by atoms with Crippen LogP contribution in [-0.4, -0.2) is 11.6 Å². The Morgan fingerprint density at radius 1 is 1.00 bits per heavy atom. The van der Waals surface area contributed by atoms with E-state index in [1.54, 1.807) is 0 Å². The Balaban J connectivity index is 1.96. The Hall–Kier alpha value is -1.51. The van der Waals surface area contributed by atoms with E-state index in [1.807, 2.05) is 24.3 Å². The molecule has 16 heavy (non-hydrogen) atoms. The molecule has 1 aliphatic heterocycles. The molecule has 3 heteroatoms. The lowest BCUT2D eigenvalue weighted by Gasteiger charge is -2.43. The third kappa shape index (κ3) is 1.47. The number of hydrogen-bond acceptors (Lipinski definition) is 2. The molecule has 1 saturated carbocycles. The van der Waals surface area contributed by atoms with Crippen molar-refractivity contribution in [2.24, 2.45) is 0 Å². The minimum absolute atomic E-state index is 0.0660. The molecule has 0 radical (unpaired) electrons. The van der Waals surface area contributed by atoms with Crippen molar-refractivity contribution in [2.45, 2.75) is 37.8 Å². The smallest absolute Gasteiger partial charge is 0.255 e.